The average Bonchev–Trinajstić information content (AvgIpc) is 2.47. The third-order valence-corrected chi connectivity index (χ3v) is 3.14. The molecular weight excluding hydrogens is 136 g/mol. The first-order chi connectivity index (χ1) is 5.42. The summed E-state index contributed by atoms with van der Waals surface area (Å²) in [5.74, 6) is 1.49. The zero-order valence-electron chi connectivity index (χ0n) is 6.71. The number of fused-ring (bicyclic) bond motifs is 1. The minimum Gasteiger partial charge on any atom is -0.301 e. The monoisotopic (exact) mass is 150 g/mol. The van der Waals surface area contributed by atoms with Crippen molar-refractivity contribution in [2.45, 2.75) is 31.7 Å². The molecule has 0 radical (unpaired) electrons. The van der Waals surface area contributed by atoms with Crippen LogP contribution < -0.4 is 5.32 Å². The van der Waals surface area contributed by atoms with Gasteiger partial charge in [0.2, 0.25) is 0 Å². The van der Waals surface area contributed by atoms with Gasteiger partial charge in [0, 0.05) is 0 Å². The van der Waals surface area contributed by atoms with Crippen molar-refractivity contribution in [1.29, 1.82) is 5.26 Å². The number of nitrogens with one attached hydrogen (secondary N) is 1. The molecule has 2 fully saturated rings. The minimum absolute atomic E-state index is 0.167. The van der Waals surface area contributed by atoms with E-state index in [0.717, 1.165) is 12.5 Å². The maximum atomic E-state index is 8.79. The van der Waals surface area contributed by atoms with Gasteiger partial charge in [0.15, 0.2) is 0 Å². The molecule has 2 nitrogen and oxygen atoms in total. The molecule has 0 amide bonds. The molecule has 1 N–H and O–H groups in total. The van der Waals surface area contributed by atoms with Crippen molar-refractivity contribution in [3.63, 3.8) is 0 Å². The summed E-state index contributed by atoms with van der Waals surface area (Å²) in [6, 6.07) is 2.52. The standard InChI is InChI=1S/C9H14N2/c10-5-9-8-4-2-1-3-7(8)6-11-9/h7-9,11H,1-4,6H2/t7-,8-,9-/m0/s1. The van der Waals surface area contributed by atoms with E-state index in [2.05, 4.69) is 11.4 Å². The predicted octanol–water partition coefficient (Wildman–Crippen LogP) is 1.29. The molecule has 11 heavy (non-hydrogen) atoms. The molecule has 1 saturated carbocycles. The van der Waals surface area contributed by atoms with Crippen molar-refractivity contribution in [2.75, 3.05) is 6.54 Å². The van der Waals surface area contributed by atoms with Gasteiger partial charge >= 0.3 is 0 Å². The zero-order valence-corrected chi connectivity index (χ0v) is 6.71. The Balaban J connectivity index is 2.05. The number of nitrogens with zero attached hydrogens (tertiary/aromatic N) is 1. The Labute approximate surface area is 67.6 Å². The molecule has 3 atom stereocenters. The topological polar surface area (TPSA) is 35.8 Å². The van der Waals surface area contributed by atoms with Gasteiger partial charge in [-0.05, 0) is 31.2 Å². The van der Waals surface area contributed by atoms with Gasteiger partial charge < -0.3 is 5.32 Å². The lowest BCUT2D eigenvalue weighted by Gasteiger charge is -2.25. The first kappa shape index (κ1) is 7.12. The van der Waals surface area contributed by atoms with Crippen LogP contribution >= 0.6 is 0 Å². The molecule has 2 rings (SSSR count). The first-order valence-corrected chi connectivity index (χ1v) is 4.55. The molecule has 1 aliphatic carbocycles. The highest BCUT2D eigenvalue weighted by molar-refractivity contribution is 5.03. The van der Waals surface area contributed by atoms with Crippen molar-refractivity contribution in [3.05, 3.63) is 0 Å². The van der Waals surface area contributed by atoms with Crippen LogP contribution in [0.2, 0.25) is 0 Å². The van der Waals surface area contributed by atoms with Crippen LogP contribution in [0.4, 0.5) is 0 Å². The van der Waals surface area contributed by atoms with E-state index in [1.54, 1.807) is 0 Å². The Morgan fingerprint density at radius 1 is 1.27 bits per heavy atom. The summed E-state index contributed by atoms with van der Waals surface area (Å²) < 4.78 is 0. The van der Waals surface area contributed by atoms with E-state index in [4.69, 9.17) is 5.26 Å². The van der Waals surface area contributed by atoms with E-state index in [-0.39, 0.29) is 6.04 Å². The van der Waals surface area contributed by atoms with Gasteiger partial charge in [-0.25, -0.2) is 0 Å². The van der Waals surface area contributed by atoms with Crippen LogP contribution in [-0.2, 0) is 0 Å². The maximum absolute atomic E-state index is 8.79. The van der Waals surface area contributed by atoms with Crippen LogP contribution in [0.15, 0.2) is 0 Å². The summed E-state index contributed by atoms with van der Waals surface area (Å²) >= 11 is 0. The second-order valence-electron chi connectivity index (χ2n) is 3.72. The summed E-state index contributed by atoms with van der Waals surface area (Å²) in [5.41, 5.74) is 0. The van der Waals surface area contributed by atoms with Crippen molar-refractivity contribution >= 4 is 0 Å². The second kappa shape index (κ2) is 2.83. The lowest BCUT2D eigenvalue weighted by molar-refractivity contribution is 0.283. The fraction of sp³-hybridized carbons (Fsp3) is 0.889. The van der Waals surface area contributed by atoms with Crippen molar-refractivity contribution in [1.82, 2.24) is 5.32 Å². The van der Waals surface area contributed by atoms with E-state index in [1.165, 1.54) is 25.7 Å². The van der Waals surface area contributed by atoms with Crippen LogP contribution in [0.25, 0.3) is 0 Å². The number of hydrogen-bond acceptors (Lipinski definition) is 2. The summed E-state index contributed by atoms with van der Waals surface area (Å²) in [4.78, 5) is 0. The largest absolute Gasteiger partial charge is 0.301 e. The predicted molar refractivity (Wildman–Crippen MR) is 42.9 cm³/mol. The first-order valence-electron chi connectivity index (χ1n) is 4.55. The molecule has 0 unspecified atom stereocenters. The van der Waals surface area contributed by atoms with Crippen LogP contribution in [-0.4, -0.2) is 12.6 Å². The molecule has 60 valence electrons. The third kappa shape index (κ3) is 1.14. The molecular formula is C9H14N2. The van der Waals surface area contributed by atoms with E-state index in [0.29, 0.717) is 5.92 Å². The van der Waals surface area contributed by atoms with Gasteiger partial charge in [0.25, 0.3) is 0 Å². The van der Waals surface area contributed by atoms with E-state index in [9.17, 15) is 0 Å². The highest BCUT2D eigenvalue weighted by Crippen LogP contribution is 2.35. The SMILES string of the molecule is N#C[C@@H]1NC[C@@H]2CCCC[C@@H]21. The molecule has 1 heterocycles. The summed E-state index contributed by atoms with van der Waals surface area (Å²) in [6.45, 7) is 1.09. The van der Waals surface area contributed by atoms with Crippen LogP contribution in [0.1, 0.15) is 25.7 Å². The van der Waals surface area contributed by atoms with Gasteiger partial charge in [-0.15, -0.1) is 0 Å². The van der Waals surface area contributed by atoms with E-state index in [1.807, 2.05) is 0 Å². The zero-order chi connectivity index (χ0) is 7.68. The lowest BCUT2D eigenvalue weighted by Crippen LogP contribution is -2.26. The quantitative estimate of drug-likeness (QED) is 0.564. The van der Waals surface area contributed by atoms with Gasteiger partial charge in [-0.2, -0.15) is 5.26 Å². The molecule has 1 aliphatic heterocycles. The number of hydrogen-bond donors (Lipinski definition) is 1. The highest BCUT2D eigenvalue weighted by Gasteiger charge is 2.36. The van der Waals surface area contributed by atoms with Gasteiger partial charge in [0.05, 0.1) is 12.1 Å². The van der Waals surface area contributed by atoms with Crippen molar-refractivity contribution in [2.24, 2.45) is 11.8 Å². The molecule has 0 aromatic carbocycles. The van der Waals surface area contributed by atoms with E-state index >= 15 is 0 Å². The summed E-state index contributed by atoms with van der Waals surface area (Å²) in [7, 11) is 0. The fourth-order valence-corrected chi connectivity index (χ4v) is 2.50. The smallest absolute Gasteiger partial charge is 0.0984 e. The molecule has 2 aliphatic rings. The van der Waals surface area contributed by atoms with Crippen molar-refractivity contribution in [3.8, 4) is 6.07 Å². The Hall–Kier alpha value is -0.550. The summed E-state index contributed by atoms with van der Waals surface area (Å²) in [6.07, 6.45) is 5.33. The van der Waals surface area contributed by atoms with Crippen LogP contribution in [0, 0.1) is 23.2 Å². The number of nitriles is 1. The second-order valence-corrected chi connectivity index (χ2v) is 3.72. The van der Waals surface area contributed by atoms with Gasteiger partial charge in [0.1, 0.15) is 0 Å². The summed E-state index contributed by atoms with van der Waals surface area (Å²) in [5, 5.41) is 12.1. The van der Waals surface area contributed by atoms with Gasteiger partial charge in [-0.1, -0.05) is 12.8 Å². The maximum Gasteiger partial charge on any atom is 0.0984 e. The Bertz CT molecular complexity index is 182. The molecule has 0 spiro atoms. The van der Waals surface area contributed by atoms with Crippen LogP contribution in [0.5, 0.6) is 0 Å². The highest BCUT2D eigenvalue weighted by atomic mass is 15.0. The molecule has 0 aromatic rings. The van der Waals surface area contributed by atoms with Crippen molar-refractivity contribution < 1.29 is 0 Å². The molecule has 2 heteroatoms. The Morgan fingerprint density at radius 3 is 2.91 bits per heavy atom. The Kier molecular flexibility index (Phi) is 1.83. The fourth-order valence-electron chi connectivity index (χ4n) is 2.50. The minimum atomic E-state index is 0.167. The third-order valence-electron chi connectivity index (χ3n) is 3.14. The number of rotatable bonds is 0. The Morgan fingerprint density at radius 2 is 2.09 bits per heavy atom. The lowest BCUT2D eigenvalue weighted by atomic mass is 9.79. The molecule has 0 bridgehead atoms. The van der Waals surface area contributed by atoms with Crippen LogP contribution in [0.3, 0.4) is 0 Å². The van der Waals surface area contributed by atoms with E-state index < -0.39 is 0 Å². The normalized spacial score (nSPS) is 43.0. The molecule has 1 saturated heterocycles. The molecule has 0 aromatic heterocycles. The average molecular weight is 150 g/mol. The van der Waals surface area contributed by atoms with Gasteiger partial charge in [-0.3, -0.25) is 0 Å².